The van der Waals surface area contributed by atoms with Crippen molar-refractivity contribution in [1.29, 1.82) is 0 Å². The van der Waals surface area contributed by atoms with Crippen LogP contribution in [0.4, 0.5) is 17.3 Å². The van der Waals surface area contributed by atoms with E-state index in [0.29, 0.717) is 23.4 Å². The lowest BCUT2D eigenvalue weighted by atomic mass is 9.89. The molecule has 1 saturated heterocycles. The predicted octanol–water partition coefficient (Wildman–Crippen LogP) is 7.97. The minimum Gasteiger partial charge on any atom is -0.493 e. The van der Waals surface area contributed by atoms with Crippen LogP contribution in [0.25, 0.3) is 0 Å². The van der Waals surface area contributed by atoms with Crippen molar-refractivity contribution in [2.45, 2.75) is 58.8 Å². The van der Waals surface area contributed by atoms with Gasteiger partial charge >= 0.3 is 0 Å². The number of ether oxygens (including phenoxy) is 2. The quantitative estimate of drug-likeness (QED) is 0.142. The maximum absolute atomic E-state index is 13.7. The van der Waals surface area contributed by atoms with Crippen molar-refractivity contribution in [2.75, 3.05) is 58.0 Å². The molecule has 2 N–H and O–H groups in total. The number of nitrogens with one attached hydrogen (secondary N) is 2. The van der Waals surface area contributed by atoms with Crippen LogP contribution in [-0.4, -0.2) is 73.1 Å². The van der Waals surface area contributed by atoms with Crippen LogP contribution in [0, 0.1) is 13.8 Å². The van der Waals surface area contributed by atoms with Gasteiger partial charge in [-0.15, -0.1) is 0 Å². The number of likely N-dealkylation sites (tertiary alicyclic amines) is 1. The second-order valence-corrected chi connectivity index (χ2v) is 13.0. The zero-order valence-electron chi connectivity index (χ0n) is 29.3. The van der Waals surface area contributed by atoms with Crippen molar-refractivity contribution in [2.24, 2.45) is 0 Å². The molecule has 0 atom stereocenters. The fraction of sp³-hybridized carbons (Fsp3) is 0.410. The SMILES string of the molecule is CCCc1ccc(Oc2nc(Nc3ccc(C4CCN(CCCN(C)C)CC4)cc3)ncc2C(=O)Nc2c(C)cccc2C)c(OC)c1. The van der Waals surface area contributed by atoms with Gasteiger partial charge in [-0.25, -0.2) is 4.98 Å². The predicted molar refractivity (Wildman–Crippen MR) is 194 cm³/mol. The molecule has 0 saturated carbocycles. The van der Waals surface area contributed by atoms with E-state index in [4.69, 9.17) is 14.5 Å². The molecule has 0 radical (unpaired) electrons. The molecule has 9 nitrogen and oxygen atoms in total. The number of rotatable bonds is 14. The fourth-order valence-electron chi connectivity index (χ4n) is 6.27. The summed E-state index contributed by atoms with van der Waals surface area (Å²) in [5.41, 5.74) is 6.27. The zero-order valence-corrected chi connectivity index (χ0v) is 29.3. The molecule has 1 aromatic heterocycles. The molecular weight excluding hydrogens is 600 g/mol. The van der Waals surface area contributed by atoms with E-state index in [1.54, 1.807) is 7.11 Å². The van der Waals surface area contributed by atoms with Gasteiger partial charge in [-0.2, -0.15) is 4.98 Å². The summed E-state index contributed by atoms with van der Waals surface area (Å²) in [6, 6.07) is 20.3. The first-order chi connectivity index (χ1) is 23.2. The third-order valence-corrected chi connectivity index (χ3v) is 9.00. The number of amides is 1. The first kappa shape index (κ1) is 34.9. The van der Waals surface area contributed by atoms with Gasteiger partial charge in [0.1, 0.15) is 5.56 Å². The van der Waals surface area contributed by atoms with Crippen LogP contribution in [-0.2, 0) is 6.42 Å². The minimum absolute atomic E-state index is 0.131. The Morgan fingerprint density at radius 2 is 1.73 bits per heavy atom. The lowest BCUT2D eigenvalue weighted by Crippen LogP contribution is -2.34. The van der Waals surface area contributed by atoms with E-state index in [9.17, 15) is 4.79 Å². The van der Waals surface area contributed by atoms with Crippen molar-refractivity contribution >= 4 is 23.2 Å². The van der Waals surface area contributed by atoms with Gasteiger partial charge in [-0.3, -0.25) is 4.79 Å². The van der Waals surface area contributed by atoms with Gasteiger partial charge in [0, 0.05) is 17.6 Å². The molecule has 0 spiro atoms. The van der Waals surface area contributed by atoms with Gasteiger partial charge in [-0.1, -0.05) is 49.7 Å². The second-order valence-electron chi connectivity index (χ2n) is 13.0. The maximum Gasteiger partial charge on any atom is 0.262 e. The number of hydrogen-bond donors (Lipinski definition) is 2. The van der Waals surface area contributed by atoms with Gasteiger partial charge in [0.05, 0.1) is 7.11 Å². The number of nitrogens with zero attached hydrogens (tertiary/aromatic N) is 4. The summed E-state index contributed by atoms with van der Waals surface area (Å²) >= 11 is 0. The summed E-state index contributed by atoms with van der Waals surface area (Å²) < 4.78 is 12.0. The summed E-state index contributed by atoms with van der Waals surface area (Å²) in [5.74, 6) is 1.71. The third kappa shape index (κ3) is 9.11. The highest BCUT2D eigenvalue weighted by Crippen LogP contribution is 2.35. The van der Waals surface area contributed by atoms with Crippen molar-refractivity contribution in [3.8, 4) is 17.4 Å². The van der Waals surface area contributed by atoms with Gasteiger partial charge in [0.15, 0.2) is 11.5 Å². The fourth-order valence-corrected chi connectivity index (χ4v) is 6.27. The number of para-hydroxylation sites is 1. The van der Waals surface area contributed by atoms with Gasteiger partial charge < -0.3 is 29.9 Å². The van der Waals surface area contributed by atoms with E-state index in [2.05, 4.69) is 70.7 Å². The molecule has 1 aliphatic heterocycles. The Morgan fingerprint density at radius 3 is 2.40 bits per heavy atom. The minimum atomic E-state index is -0.358. The molecule has 0 bridgehead atoms. The first-order valence-electron chi connectivity index (χ1n) is 17.1. The Hall–Kier alpha value is -4.47. The van der Waals surface area contributed by atoms with E-state index in [-0.39, 0.29) is 17.4 Å². The second kappa shape index (κ2) is 16.6. The van der Waals surface area contributed by atoms with E-state index >= 15 is 0 Å². The standard InChI is InChI=1S/C39H50N6O3/c1-7-10-29-13-18-34(35(25-29)47-6)48-38-33(37(46)42-36-27(2)11-8-12-28(36)3)26-40-39(43-38)41-32-16-14-30(15-17-32)31-19-23-45(24-20-31)22-9-21-44(4)5/h8,11-18,25-26,31H,7,9-10,19-24H2,1-6H3,(H,42,46)(H,40,41,43). The largest absolute Gasteiger partial charge is 0.493 e. The smallest absolute Gasteiger partial charge is 0.262 e. The molecule has 48 heavy (non-hydrogen) atoms. The lowest BCUT2D eigenvalue weighted by molar-refractivity contribution is 0.102. The molecular formula is C39H50N6O3. The number of hydrogen-bond acceptors (Lipinski definition) is 8. The van der Waals surface area contributed by atoms with Gasteiger partial charge in [0.25, 0.3) is 5.91 Å². The topological polar surface area (TPSA) is 91.9 Å². The Labute approximate surface area is 285 Å². The number of benzene rings is 3. The number of piperidine rings is 1. The molecule has 0 aliphatic carbocycles. The van der Waals surface area contributed by atoms with Crippen LogP contribution in [0.1, 0.15) is 71.1 Å². The summed E-state index contributed by atoms with van der Waals surface area (Å²) in [5, 5.41) is 6.35. The van der Waals surface area contributed by atoms with E-state index in [1.807, 2.05) is 50.2 Å². The summed E-state index contributed by atoms with van der Waals surface area (Å²) in [6.07, 6.45) is 7.01. The normalized spacial score (nSPS) is 13.8. The van der Waals surface area contributed by atoms with Gasteiger partial charge in [0.2, 0.25) is 11.8 Å². The van der Waals surface area contributed by atoms with Crippen LogP contribution >= 0.6 is 0 Å². The Balaban J connectivity index is 1.33. The molecule has 4 aromatic rings. The van der Waals surface area contributed by atoms with Crippen molar-refractivity contribution < 1.29 is 14.3 Å². The maximum atomic E-state index is 13.7. The van der Waals surface area contributed by atoms with Crippen LogP contribution in [0.3, 0.4) is 0 Å². The number of aromatic nitrogens is 2. The first-order valence-corrected chi connectivity index (χ1v) is 17.1. The summed E-state index contributed by atoms with van der Waals surface area (Å²) in [7, 11) is 5.88. The zero-order chi connectivity index (χ0) is 34.0. The Kier molecular flexibility index (Phi) is 12.0. The number of carbonyl (C=O) groups is 1. The summed E-state index contributed by atoms with van der Waals surface area (Å²) in [6.45, 7) is 10.7. The average Bonchev–Trinajstić information content (AvgIpc) is 3.08. The number of carbonyl (C=O) groups excluding carboxylic acids is 1. The lowest BCUT2D eigenvalue weighted by Gasteiger charge is -2.32. The molecule has 1 fully saturated rings. The van der Waals surface area contributed by atoms with E-state index in [1.165, 1.54) is 37.6 Å². The molecule has 9 heteroatoms. The van der Waals surface area contributed by atoms with Crippen LogP contribution in [0.15, 0.2) is 66.9 Å². The highest BCUT2D eigenvalue weighted by atomic mass is 16.5. The van der Waals surface area contributed by atoms with E-state index in [0.717, 1.165) is 60.5 Å². The van der Waals surface area contributed by atoms with Crippen LogP contribution in [0.2, 0.25) is 0 Å². The molecule has 254 valence electrons. The number of methoxy groups -OCH3 is 1. The monoisotopic (exact) mass is 650 g/mol. The van der Waals surface area contributed by atoms with Crippen LogP contribution in [0.5, 0.6) is 17.4 Å². The van der Waals surface area contributed by atoms with Crippen molar-refractivity contribution in [3.05, 3.63) is 94.7 Å². The van der Waals surface area contributed by atoms with Gasteiger partial charge in [-0.05, 0) is 132 Å². The number of anilines is 3. The molecule has 1 amide bonds. The molecule has 1 aliphatic rings. The van der Waals surface area contributed by atoms with Crippen LogP contribution < -0.4 is 20.1 Å². The molecule has 2 heterocycles. The molecule has 0 unspecified atom stereocenters. The molecule has 5 rings (SSSR count). The van der Waals surface area contributed by atoms with Crippen molar-refractivity contribution in [3.63, 3.8) is 0 Å². The number of aryl methyl sites for hydroxylation is 3. The third-order valence-electron chi connectivity index (χ3n) is 9.00. The molecule has 3 aromatic carbocycles. The van der Waals surface area contributed by atoms with E-state index < -0.39 is 0 Å². The highest BCUT2D eigenvalue weighted by molar-refractivity contribution is 6.06. The average molecular weight is 651 g/mol. The highest BCUT2D eigenvalue weighted by Gasteiger charge is 2.22. The summed E-state index contributed by atoms with van der Waals surface area (Å²) in [4.78, 5) is 27.7. The van der Waals surface area contributed by atoms with Crippen molar-refractivity contribution in [1.82, 2.24) is 19.8 Å². The Bertz CT molecular complexity index is 1650. The Morgan fingerprint density at radius 1 is 1.00 bits per heavy atom.